The Morgan fingerprint density at radius 1 is 1.35 bits per heavy atom. The molecule has 0 aliphatic rings. The van der Waals surface area contributed by atoms with Gasteiger partial charge in [0.2, 0.25) is 10.0 Å². The summed E-state index contributed by atoms with van der Waals surface area (Å²) in [4.78, 5) is 11.1. The van der Waals surface area contributed by atoms with Crippen LogP contribution in [-0.2, 0) is 10.0 Å². The largest absolute Gasteiger partial charge is 0.478 e. The van der Waals surface area contributed by atoms with E-state index >= 15 is 0 Å². The third-order valence-electron chi connectivity index (χ3n) is 3.47. The van der Waals surface area contributed by atoms with Crippen LogP contribution in [0.1, 0.15) is 41.8 Å². The van der Waals surface area contributed by atoms with E-state index in [-0.39, 0.29) is 16.4 Å². The standard InChI is InChI=1S/C14H21NO4S/c1-5-9(2)8-15-20(18,19)13-7-12(14(16)17)6-10(3)11(13)4/h6-7,9,15H,5,8H2,1-4H3,(H,16,17). The highest BCUT2D eigenvalue weighted by Gasteiger charge is 2.20. The van der Waals surface area contributed by atoms with Crippen LogP contribution in [0.3, 0.4) is 0 Å². The highest BCUT2D eigenvalue weighted by Crippen LogP contribution is 2.21. The second-order valence-electron chi connectivity index (χ2n) is 5.09. The van der Waals surface area contributed by atoms with E-state index in [9.17, 15) is 13.2 Å². The number of carbonyl (C=O) groups is 1. The summed E-state index contributed by atoms with van der Waals surface area (Å²) in [7, 11) is -3.69. The first kappa shape index (κ1) is 16.7. The Kier molecular flexibility index (Phi) is 5.30. The smallest absolute Gasteiger partial charge is 0.335 e. The number of rotatable bonds is 6. The number of carboxylic acid groups (broad SMARTS) is 1. The Labute approximate surface area is 120 Å². The zero-order valence-electron chi connectivity index (χ0n) is 12.2. The molecule has 0 heterocycles. The number of carboxylic acids is 1. The molecule has 0 aromatic heterocycles. The lowest BCUT2D eigenvalue weighted by Gasteiger charge is -2.14. The maximum atomic E-state index is 12.3. The number of nitrogens with one attached hydrogen (secondary N) is 1. The molecule has 0 aliphatic heterocycles. The lowest BCUT2D eigenvalue weighted by molar-refractivity contribution is 0.0696. The number of benzene rings is 1. The highest BCUT2D eigenvalue weighted by molar-refractivity contribution is 7.89. The van der Waals surface area contributed by atoms with Crippen LogP contribution in [-0.4, -0.2) is 26.0 Å². The van der Waals surface area contributed by atoms with E-state index in [0.29, 0.717) is 17.7 Å². The van der Waals surface area contributed by atoms with E-state index in [1.165, 1.54) is 12.1 Å². The van der Waals surface area contributed by atoms with Crippen molar-refractivity contribution < 1.29 is 18.3 Å². The number of aromatic carboxylic acids is 1. The minimum absolute atomic E-state index is 0.0167. The summed E-state index contributed by atoms with van der Waals surface area (Å²) in [6, 6.07) is 2.69. The molecule has 6 heteroatoms. The second-order valence-corrected chi connectivity index (χ2v) is 6.82. The predicted molar refractivity (Wildman–Crippen MR) is 77.5 cm³/mol. The van der Waals surface area contributed by atoms with Crippen molar-refractivity contribution in [3.8, 4) is 0 Å². The summed E-state index contributed by atoms with van der Waals surface area (Å²) >= 11 is 0. The van der Waals surface area contributed by atoms with Gasteiger partial charge in [0.1, 0.15) is 0 Å². The van der Waals surface area contributed by atoms with Crippen LogP contribution >= 0.6 is 0 Å². The molecule has 0 saturated carbocycles. The minimum atomic E-state index is -3.69. The fraction of sp³-hybridized carbons (Fsp3) is 0.500. The van der Waals surface area contributed by atoms with Crippen molar-refractivity contribution in [2.45, 2.75) is 39.0 Å². The van der Waals surface area contributed by atoms with Gasteiger partial charge in [0.25, 0.3) is 0 Å². The molecule has 1 aromatic rings. The fourth-order valence-electron chi connectivity index (χ4n) is 1.70. The Bertz CT molecular complexity index is 608. The normalized spacial score (nSPS) is 13.2. The van der Waals surface area contributed by atoms with Gasteiger partial charge in [0.05, 0.1) is 10.5 Å². The summed E-state index contributed by atoms with van der Waals surface area (Å²) in [5.74, 6) is -0.902. The molecule has 1 rings (SSSR count). The topological polar surface area (TPSA) is 83.5 Å². The maximum Gasteiger partial charge on any atom is 0.335 e. The number of hydrogen-bond donors (Lipinski definition) is 2. The molecule has 0 radical (unpaired) electrons. The Hall–Kier alpha value is -1.40. The van der Waals surface area contributed by atoms with Crippen LogP contribution in [0.15, 0.2) is 17.0 Å². The first-order valence-electron chi connectivity index (χ1n) is 6.53. The molecule has 5 nitrogen and oxygen atoms in total. The molecule has 1 unspecified atom stereocenters. The van der Waals surface area contributed by atoms with Crippen molar-refractivity contribution in [1.82, 2.24) is 4.72 Å². The summed E-state index contributed by atoms with van der Waals surface area (Å²) < 4.78 is 27.1. The van der Waals surface area contributed by atoms with Gasteiger partial charge in [-0.3, -0.25) is 0 Å². The van der Waals surface area contributed by atoms with Crippen LogP contribution in [0.4, 0.5) is 0 Å². The first-order chi connectivity index (χ1) is 9.19. The summed E-state index contributed by atoms with van der Waals surface area (Å²) in [5, 5.41) is 9.03. The van der Waals surface area contributed by atoms with Crippen LogP contribution in [0.25, 0.3) is 0 Å². The van der Waals surface area contributed by atoms with Crippen molar-refractivity contribution in [3.05, 3.63) is 28.8 Å². The minimum Gasteiger partial charge on any atom is -0.478 e. The van der Waals surface area contributed by atoms with Crippen molar-refractivity contribution >= 4 is 16.0 Å². The predicted octanol–water partition coefficient (Wildman–Crippen LogP) is 2.33. The van der Waals surface area contributed by atoms with E-state index in [4.69, 9.17) is 5.11 Å². The highest BCUT2D eigenvalue weighted by atomic mass is 32.2. The Morgan fingerprint density at radius 3 is 2.45 bits per heavy atom. The zero-order chi connectivity index (χ0) is 15.5. The molecule has 0 bridgehead atoms. The lowest BCUT2D eigenvalue weighted by Crippen LogP contribution is -2.29. The lowest BCUT2D eigenvalue weighted by atomic mass is 10.1. The van der Waals surface area contributed by atoms with Gasteiger partial charge in [-0.05, 0) is 43.0 Å². The average molecular weight is 299 g/mol. The van der Waals surface area contributed by atoms with Gasteiger partial charge in [-0.25, -0.2) is 17.9 Å². The van der Waals surface area contributed by atoms with E-state index in [1.54, 1.807) is 13.8 Å². The van der Waals surface area contributed by atoms with Gasteiger partial charge < -0.3 is 5.11 Å². The molecular weight excluding hydrogens is 278 g/mol. The van der Waals surface area contributed by atoms with Crippen molar-refractivity contribution in [2.24, 2.45) is 5.92 Å². The van der Waals surface area contributed by atoms with Crippen molar-refractivity contribution in [3.63, 3.8) is 0 Å². The van der Waals surface area contributed by atoms with Gasteiger partial charge in [0.15, 0.2) is 0 Å². The Balaban J connectivity index is 3.20. The third-order valence-corrected chi connectivity index (χ3v) is 5.02. The van der Waals surface area contributed by atoms with Crippen molar-refractivity contribution in [2.75, 3.05) is 6.54 Å². The Morgan fingerprint density at radius 2 is 1.95 bits per heavy atom. The molecule has 0 fully saturated rings. The van der Waals surface area contributed by atoms with Gasteiger partial charge in [-0.15, -0.1) is 0 Å². The number of hydrogen-bond acceptors (Lipinski definition) is 3. The summed E-state index contributed by atoms with van der Waals surface area (Å²) in [5.41, 5.74) is 1.21. The maximum absolute atomic E-state index is 12.3. The number of aryl methyl sites for hydroxylation is 1. The monoisotopic (exact) mass is 299 g/mol. The van der Waals surface area contributed by atoms with E-state index in [1.807, 2.05) is 13.8 Å². The van der Waals surface area contributed by atoms with Crippen LogP contribution in [0.2, 0.25) is 0 Å². The average Bonchev–Trinajstić information content (AvgIpc) is 2.38. The van der Waals surface area contributed by atoms with Crippen LogP contribution in [0.5, 0.6) is 0 Å². The molecule has 0 aliphatic carbocycles. The summed E-state index contributed by atoms with van der Waals surface area (Å²) in [6.45, 7) is 7.66. The molecule has 20 heavy (non-hydrogen) atoms. The van der Waals surface area contributed by atoms with Gasteiger partial charge >= 0.3 is 5.97 Å². The fourth-order valence-corrected chi connectivity index (χ4v) is 3.21. The zero-order valence-corrected chi connectivity index (χ0v) is 13.0. The molecular formula is C14H21NO4S. The van der Waals surface area contributed by atoms with Crippen LogP contribution in [0, 0.1) is 19.8 Å². The van der Waals surface area contributed by atoms with E-state index in [2.05, 4.69) is 4.72 Å². The van der Waals surface area contributed by atoms with Gasteiger partial charge in [-0.2, -0.15) is 0 Å². The first-order valence-corrected chi connectivity index (χ1v) is 8.01. The molecule has 1 aromatic carbocycles. The molecule has 112 valence electrons. The van der Waals surface area contributed by atoms with Gasteiger partial charge in [-0.1, -0.05) is 20.3 Å². The van der Waals surface area contributed by atoms with E-state index < -0.39 is 16.0 Å². The van der Waals surface area contributed by atoms with E-state index in [0.717, 1.165) is 6.42 Å². The third kappa shape index (κ3) is 3.80. The van der Waals surface area contributed by atoms with Crippen molar-refractivity contribution in [1.29, 1.82) is 0 Å². The number of sulfonamides is 1. The molecule has 2 N–H and O–H groups in total. The molecule has 0 spiro atoms. The second kappa shape index (κ2) is 6.37. The van der Waals surface area contributed by atoms with Gasteiger partial charge in [0, 0.05) is 6.54 Å². The van der Waals surface area contributed by atoms with Crippen LogP contribution < -0.4 is 4.72 Å². The molecule has 1 atom stereocenters. The molecule has 0 amide bonds. The summed E-state index contributed by atoms with van der Waals surface area (Å²) in [6.07, 6.45) is 0.871. The SMILES string of the molecule is CCC(C)CNS(=O)(=O)c1cc(C(=O)O)cc(C)c1C. The quantitative estimate of drug-likeness (QED) is 0.844. The molecule has 0 saturated heterocycles.